The first-order valence-corrected chi connectivity index (χ1v) is 13.8. The van der Waals surface area contributed by atoms with Gasteiger partial charge >= 0.3 is 0 Å². The molecule has 1 amide bonds. The summed E-state index contributed by atoms with van der Waals surface area (Å²) in [5.74, 6) is 0.00473. The van der Waals surface area contributed by atoms with Crippen molar-refractivity contribution < 1.29 is 4.79 Å². The Morgan fingerprint density at radius 2 is 1.95 bits per heavy atom. The number of pyridine rings is 1. The molecule has 0 spiro atoms. The van der Waals surface area contributed by atoms with Gasteiger partial charge in [-0.1, -0.05) is 30.3 Å². The molecule has 2 aromatic carbocycles. The summed E-state index contributed by atoms with van der Waals surface area (Å²) in [6.45, 7) is 2.69. The third-order valence-corrected chi connectivity index (χ3v) is 8.25. The Labute approximate surface area is 228 Å². The van der Waals surface area contributed by atoms with E-state index in [9.17, 15) is 14.9 Å². The predicted octanol–water partition coefficient (Wildman–Crippen LogP) is 4.14. The number of carbonyl (C=O) groups excluding carboxylic acids is 1. The van der Waals surface area contributed by atoms with Crippen LogP contribution in [0.1, 0.15) is 47.4 Å². The Morgan fingerprint density at radius 1 is 1.10 bits per heavy atom. The first kappa shape index (κ1) is 25.1. The number of amides is 1. The first-order valence-electron chi connectivity index (χ1n) is 13.8. The van der Waals surface area contributed by atoms with E-state index < -0.39 is 0 Å². The summed E-state index contributed by atoms with van der Waals surface area (Å²) in [5, 5.41) is 13.9. The second-order valence-electron chi connectivity index (χ2n) is 10.9. The van der Waals surface area contributed by atoms with Crippen molar-refractivity contribution in [3.63, 3.8) is 0 Å². The van der Waals surface area contributed by atoms with E-state index >= 15 is 0 Å². The number of fused-ring (bicyclic) bond motifs is 1. The van der Waals surface area contributed by atoms with Crippen molar-refractivity contribution in [3.8, 4) is 6.07 Å². The highest BCUT2D eigenvalue weighted by Gasteiger charge is 2.40. The van der Waals surface area contributed by atoms with Gasteiger partial charge < -0.3 is 19.4 Å². The average Bonchev–Trinajstić information content (AvgIpc) is 3.76. The van der Waals surface area contributed by atoms with Crippen molar-refractivity contribution in [1.82, 2.24) is 19.4 Å². The average molecular weight is 520 g/mol. The van der Waals surface area contributed by atoms with Crippen molar-refractivity contribution in [3.05, 3.63) is 106 Å². The van der Waals surface area contributed by atoms with Gasteiger partial charge in [-0.2, -0.15) is 5.26 Å². The van der Waals surface area contributed by atoms with Crippen molar-refractivity contribution in [2.45, 2.75) is 44.3 Å². The number of para-hydroxylation sites is 1. The highest BCUT2D eigenvalue weighted by atomic mass is 16.2. The molecule has 1 saturated carbocycles. The fourth-order valence-electron chi connectivity index (χ4n) is 6.00. The Balaban J connectivity index is 1.30. The minimum Gasteiger partial charge on any atom is -0.343 e. The van der Waals surface area contributed by atoms with E-state index in [1.54, 1.807) is 23.9 Å². The minimum atomic E-state index is -0.200. The molecule has 1 N–H and O–H groups in total. The van der Waals surface area contributed by atoms with Crippen LogP contribution >= 0.6 is 0 Å². The lowest BCUT2D eigenvalue weighted by Gasteiger charge is -2.35. The molecule has 3 heterocycles. The van der Waals surface area contributed by atoms with Crippen LogP contribution < -0.4 is 10.9 Å². The summed E-state index contributed by atoms with van der Waals surface area (Å²) < 4.78 is 3.80. The number of aromatic nitrogens is 2. The number of aryl methyl sites for hydroxylation is 1. The van der Waals surface area contributed by atoms with Crippen molar-refractivity contribution in [2.24, 2.45) is 13.0 Å². The lowest BCUT2D eigenvalue weighted by Crippen LogP contribution is -2.47. The largest absolute Gasteiger partial charge is 0.343 e. The molecule has 1 unspecified atom stereocenters. The van der Waals surface area contributed by atoms with Gasteiger partial charge in [0.25, 0.3) is 5.56 Å². The smallest absolute Gasteiger partial charge is 0.250 e. The fourth-order valence-corrected chi connectivity index (χ4v) is 6.00. The van der Waals surface area contributed by atoms with E-state index in [2.05, 4.69) is 39.2 Å². The molecule has 4 aromatic rings. The maximum absolute atomic E-state index is 14.2. The molecule has 1 aliphatic heterocycles. The van der Waals surface area contributed by atoms with E-state index in [0.717, 1.165) is 53.4 Å². The molecule has 7 heteroatoms. The zero-order valence-electron chi connectivity index (χ0n) is 22.2. The second-order valence-corrected chi connectivity index (χ2v) is 10.9. The number of carbonyl (C=O) groups is 1. The summed E-state index contributed by atoms with van der Waals surface area (Å²) in [6.07, 6.45) is 6.87. The molecular weight excluding hydrogens is 486 g/mol. The van der Waals surface area contributed by atoms with Crippen LogP contribution in [0.5, 0.6) is 0 Å². The van der Waals surface area contributed by atoms with E-state index in [0.29, 0.717) is 25.2 Å². The van der Waals surface area contributed by atoms with Crippen LogP contribution in [0.2, 0.25) is 0 Å². The Hall–Kier alpha value is -4.15. The summed E-state index contributed by atoms with van der Waals surface area (Å²) >= 11 is 0. The molecule has 1 aliphatic carbocycles. The van der Waals surface area contributed by atoms with E-state index in [-0.39, 0.29) is 29.3 Å². The van der Waals surface area contributed by atoms with Gasteiger partial charge in [0.05, 0.1) is 17.6 Å². The van der Waals surface area contributed by atoms with Crippen LogP contribution in [0.3, 0.4) is 0 Å². The highest BCUT2D eigenvalue weighted by molar-refractivity contribution is 5.86. The zero-order chi connectivity index (χ0) is 26.9. The van der Waals surface area contributed by atoms with Gasteiger partial charge in [0.15, 0.2) is 0 Å². The van der Waals surface area contributed by atoms with Crippen LogP contribution in [0.4, 0.5) is 0 Å². The normalized spacial score (nSPS) is 19.1. The Morgan fingerprint density at radius 3 is 2.74 bits per heavy atom. The molecule has 7 nitrogen and oxygen atoms in total. The van der Waals surface area contributed by atoms with E-state index in [1.807, 2.05) is 42.5 Å². The van der Waals surface area contributed by atoms with Crippen LogP contribution in [0, 0.1) is 17.2 Å². The number of rotatable bonds is 7. The van der Waals surface area contributed by atoms with Gasteiger partial charge in [0.2, 0.25) is 5.91 Å². The Kier molecular flexibility index (Phi) is 6.80. The predicted molar refractivity (Wildman–Crippen MR) is 151 cm³/mol. The monoisotopic (exact) mass is 519 g/mol. The maximum Gasteiger partial charge on any atom is 0.250 e. The van der Waals surface area contributed by atoms with Crippen molar-refractivity contribution in [1.29, 1.82) is 5.26 Å². The number of piperidine rings is 1. The second kappa shape index (κ2) is 10.5. The Bertz CT molecular complexity index is 1620. The molecule has 0 radical (unpaired) electrons. The molecule has 2 atom stereocenters. The van der Waals surface area contributed by atoms with Crippen LogP contribution in [0.15, 0.2) is 77.9 Å². The summed E-state index contributed by atoms with van der Waals surface area (Å²) in [6, 6.07) is 22.2. The van der Waals surface area contributed by atoms with E-state index in [4.69, 9.17) is 0 Å². The number of benzene rings is 2. The van der Waals surface area contributed by atoms with Gasteiger partial charge in [-0.25, -0.2) is 0 Å². The standard InChI is InChI=1S/C32H33N5O2/c1-35-14-12-24(16-31(35)38)27-11-13-34-18-29(27)32(39)37(26-9-10-26)21-25-20-36(30-8-3-2-7-28(25)30)19-23-6-4-5-22(15-23)17-33/h2-8,12,14-16,20,26-27,29,34H,9-11,13,18-19,21H2,1H3/t27?,29-/m0/s1. The molecule has 6 rings (SSSR count). The fraction of sp³-hybridized carbons (Fsp3) is 0.344. The summed E-state index contributed by atoms with van der Waals surface area (Å²) in [4.78, 5) is 28.7. The SMILES string of the molecule is Cn1ccc(C2CCNC[C@@H]2C(=O)N(Cc2cn(Cc3cccc(C#N)c3)c3ccccc23)C2CC2)cc1=O. The highest BCUT2D eigenvalue weighted by Crippen LogP contribution is 2.36. The lowest BCUT2D eigenvalue weighted by molar-refractivity contribution is -0.138. The van der Waals surface area contributed by atoms with Gasteiger partial charge in [-0.05, 0) is 72.7 Å². The number of hydrogen-bond acceptors (Lipinski definition) is 4. The molecule has 198 valence electrons. The molecular formula is C32H33N5O2. The number of nitriles is 1. The molecule has 39 heavy (non-hydrogen) atoms. The third kappa shape index (κ3) is 5.13. The van der Waals surface area contributed by atoms with Crippen LogP contribution in [-0.2, 0) is 24.9 Å². The molecule has 2 fully saturated rings. The number of nitrogens with zero attached hydrogens (tertiary/aromatic N) is 4. The topological polar surface area (TPSA) is 83.1 Å². The van der Waals surface area contributed by atoms with Gasteiger partial charge in [-0.3, -0.25) is 9.59 Å². The summed E-state index contributed by atoms with van der Waals surface area (Å²) in [5.41, 5.74) is 4.91. The zero-order valence-corrected chi connectivity index (χ0v) is 22.2. The number of hydrogen-bond donors (Lipinski definition) is 1. The lowest BCUT2D eigenvalue weighted by atomic mass is 9.80. The van der Waals surface area contributed by atoms with Gasteiger partial charge in [-0.15, -0.1) is 0 Å². The van der Waals surface area contributed by atoms with Gasteiger partial charge in [0.1, 0.15) is 0 Å². The van der Waals surface area contributed by atoms with Crippen LogP contribution in [-0.4, -0.2) is 39.1 Å². The third-order valence-electron chi connectivity index (χ3n) is 8.25. The summed E-state index contributed by atoms with van der Waals surface area (Å²) in [7, 11) is 1.75. The van der Waals surface area contributed by atoms with Crippen LogP contribution in [0.25, 0.3) is 10.9 Å². The van der Waals surface area contributed by atoms with E-state index in [1.165, 1.54) is 0 Å². The first-order chi connectivity index (χ1) is 19.0. The van der Waals surface area contributed by atoms with Crippen molar-refractivity contribution >= 4 is 16.8 Å². The number of nitrogens with one attached hydrogen (secondary N) is 1. The maximum atomic E-state index is 14.2. The van der Waals surface area contributed by atoms with Gasteiger partial charge in [0, 0.05) is 62.1 Å². The molecule has 2 aliphatic rings. The quantitative estimate of drug-likeness (QED) is 0.398. The van der Waals surface area contributed by atoms with Crippen molar-refractivity contribution in [2.75, 3.05) is 13.1 Å². The molecule has 0 bridgehead atoms. The molecule has 2 aromatic heterocycles. The molecule has 1 saturated heterocycles. The minimum absolute atomic E-state index is 0.0302.